The summed E-state index contributed by atoms with van der Waals surface area (Å²) in [6, 6.07) is 3.57. The number of halogens is 2. The first kappa shape index (κ1) is 15.4. The molecule has 2 atom stereocenters. The molecule has 1 aliphatic carbocycles. The van der Waals surface area contributed by atoms with Gasteiger partial charge in [-0.1, -0.05) is 19.9 Å². The Morgan fingerprint density at radius 1 is 1.24 bits per heavy atom. The average Bonchev–Trinajstić information content (AvgIpc) is 2.97. The van der Waals surface area contributed by atoms with E-state index in [0.29, 0.717) is 12.0 Å². The molecule has 2 N–H and O–H groups in total. The lowest BCUT2D eigenvalue weighted by Crippen LogP contribution is -2.29. The Morgan fingerprint density at radius 3 is 2.43 bits per heavy atom. The maximum atomic E-state index is 13.0. The number of nitrogens with one attached hydrogen (secondary N) is 1. The molecule has 21 heavy (non-hydrogen) atoms. The molecule has 1 aliphatic rings. The second kappa shape index (κ2) is 5.42. The summed E-state index contributed by atoms with van der Waals surface area (Å²) in [5, 5.41) is 11.7. The van der Waals surface area contributed by atoms with Crippen molar-refractivity contribution in [1.29, 1.82) is 0 Å². The lowest BCUT2D eigenvalue weighted by molar-refractivity contribution is -0.140. The van der Waals surface area contributed by atoms with E-state index < -0.39 is 34.9 Å². The Hall–Kier alpha value is -1.98. The molecule has 2 rings (SSSR count). The summed E-state index contributed by atoms with van der Waals surface area (Å²) in [5.74, 6) is -4.32. The van der Waals surface area contributed by atoms with Crippen LogP contribution in [-0.4, -0.2) is 23.5 Å². The van der Waals surface area contributed by atoms with Gasteiger partial charge in [0.25, 0.3) is 0 Å². The first-order valence-corrected chi connectivity index (χ1v) is 6.69. The second-order valence-electron chi connectivity index (χ2n) is 5.90. The van der Waals surface area contributed by atoms with Gasteiger partial charge in [0, 0.05) is 6.54 Å². The topological polar surface area (TPSA) is 66.4 Å². The van der Waals surface area contributed by atoms with E-state index in [1.54, 1.807) is 13.8 Å². The molecule has 114 valence electrons. The van der Waals surface area contributed by atoms with Gasteiger partial charge in [-0.05, 0) is 29.5 Å². The van der Waals surface area contributed by atoms with Crippen LogP contribution in [0, 0.1) is 28.9 Å². The van der Waals surface area contributed by atoms with E-state index in [-0.39, 0.29) is 12.5 Å². The van der Waals surface area contributed by atoms with Crippen molar-refractivity contribution >= 4 is 11.9 Å². The summed E-state index contributed by atoms with van der Waals surface area (Å²) in [4.78, 5) is 22.9. The van der Waals surface area contributed by atoms with Gasteiger partial charge in [-0.25, -0.2) is 8.78 Å². The Bertz CT molecular complexity index is 586. The predicted octanol–water partition coefficient (Wildman–Crippen LogP) is 1.98. The van der Waals surface area contributed by atoms with Gasteiger partial charge >= 0.3 is 5.97 Å². The molecule has 1 saturated carbocycles. The molecule has 1 fully saturated rings. The molecule has 1 amide bonds. The van der Waals surface area contributed by atoms with Crippen LogP contribution in [0.3, 0.4) is 0 Å². The monoisotopic (exact) mass is 297 g/mol. The standard InChI is InChI=1S/C15H17F2NO3/c1-15(2)11(12(15)14(20)21)13(19)18-6-5-8-3-4-9(16)10(17)7-8/h3-4,7,11-12H,5-6H2,1-2H3,(H,18,19)(H,20,21)/t11-,12+/m1/s1. The number of carboxylic acid groups (broad SMARTS) is 1. The van der Waals surface area contributed by atoms with E-state index in [0.717, 1.165) is 12.1 Å². The number of carboxylic acids is 1. The van der Waals surface area contributed by atoms with Crippen molar-refractivity contribution in [3.8, 4) is 0 Å². The Labute approximate surface area is 121 Å². The van der Waals surface area contributed by atoms with Crippen molar-refractivity contribution in [3.63, 3.8) is 0 Å². The molecular formula is C15H17F2NO3. The van der Waals surface area contributed by atoms with Crippen molar-refractivity contribution in [2.45, 2.75) is 20.3 Å². The lowest BCUT2D eigenvalue weighted by atomic mass is 10.1. The molecule has 0 aliphatic heterocycles. The second-order valence-corrected chi connectivity index (χ2v) is 5.90. The van der Waals surface area contributed by atoms with E-state index in [4.69, 9.17) is 5.11 Å². The first-order valence-electron chi connectivity index (χ1n) is 6.69. The minimum atomic E-state index is -0.972. The van der Waals surface area contributed by atoms with E-state index >= 15 is 0 Å². The SMILES string of the molecule is CC1(C)[C@H](C(=O)O)[C@@H]1C(=O)NCCc1ccc(F)c(F)c1. The van der Waals surface area contributed by atoms with Crippen molar-refractivity contribution in [1.82, 2.24) is 5.32 Å². The molecule has 4 nitrogen and oxygen atoms in total. The molecule has 0 spiro atoms. The van der Waals surface area contributed by atoms with Gasteiger partial charge in [0.2, 0.25) is 5.91 Å². The summed E-state index contributed by atoms with van der Waals surface area (Å²) in [6.45, 7) is 3.74. The highest BCUT2D eigenvalue weighted by atomic mass is 19.2. The third-order valence-electron chi connectivity index (χ3n) is 4.07. The van der Waals surface area contributed by atoms with Crippen LogP contribution >= 0.6 is 0 Å². The van der Waals surface area contributed by atoms with Gasteiger partial charge < -0.3 is 10.4 Å². The summed E-state index contributed by atoms with van der Waals surface area (Å²) in [6.07, 6.45) is 0.355. The fraction of sp³-hybridized carbons (Fsp3) is 0.467. The van der Waals surface area contributed by atoms with Gasteiger partial charge in [-0.3, -0.25) is 9.59 Å². The molecule has 0 saturated heterocycles. The molecular weight excluding hydrogens is 280 g/mol. The van der Waals surface area contributed by atoms with Crippen LogP contribution < -0.4 is 5.32 Å². The average molecular weight is 297 g/mol. The van der Waals surface area contributed by atoms with Crippen LogP contribution in [0.1, 0.15) is 19.4 Å². The van der Waals surface area contributed by atoms with Crippen LogP contribution in [0.4, 0.5) is 8.78 Å². The summed E-state index contributed by atoms with van der Waals surface area (Å²) in [5.41, 5.74) is 0.0248. The van der Waals surface area contributed by atoms with Gasteiger partial charge in [0.05, 0.1) is 11.8 Å². The van der Waals surface area contributed by atoms with Crippen LogP contribution in [0.25, 0.3) is 0 Å². The molecule has 0 unspecified atom stereocenters. The van der Waals surface area contributed by atoms with Crippen molar-refractivity contribution in [2.75, 3.05) is 6.54 Å². The van der Waals surface area contributed by atoms with Crippen LogP contribution in [0.5, 0.6) is 0 Å². The van der Waals surface area contributed by atoms with Crippen molar-refractivity contribution < 1.29 is 23.5 Å². The molecule has 6 heteroatoms. The van der Waals surface area contributed by atoms with E-state index in [1.807, 2.05) is 0 Å². The number of benzene rings is 1. The van der Waals surface area contributed by atoms with Crippen LogP contribution in [0.15, 0.2) is 18.2 Å². The van der Waals surface area contributed by atoms with Crippen LogP contribution in [-0.2, 0) is 16.0 Å². The van der Waals surface area contributed by atoms with Crippen LogP contribution in [0.2, 0.25) is 0 Å². The van der Waals surface area contributed by atoms with Crippen molar-refractivity contribution in [2.24, 2.45) is 17.3 Å². The third-order valence-corrected chi connectivity index (χ3v) is 4.07. The number of carbonyl (C=O) groups is 2. The van der Waals surface area contributed by atoms with Gasteiger partial charge in [-0.2, -0.15) is 0 Å². The first-order chi connectivity index (χ1) is 9.75. The zero-order valence-electron chi connectivity index (χ0n) is 11.8. The molecule has 0 aromatic heterocycles. The largest absolute Gasteiger partial charge is 0.481 e. The Morgan fingerprint density at radius 2 is 1.90 bits per heavy atom. The maximum Gasteiger partial charge on any atom is 0.307 e. The number of hydrogen-bond acceptors (Lipinski definition) is 2. The zero-order valence-corrected chi connectivity index (χ0v) is 11.8. The summed E-state index contributed by atoms with van der Waals surface area (Å²) in [7, 11) is 0. The molecule has 1 aromatic rings. The summed E-state index contributed by atoms with van der Waals surface area (Å²) >= 11 is 0. The van der Waals surface area contributed by atoms with E-state index in [1.165, 1.54) is 6.07 Å². The quantitative estimate of drug-likeness (QED) is 0.873. The van der Waals surface area contributed by atoms with Gasteiger partial charge in [-0.15, -0.1) is 0 Å². The highest BCUT2D eigenvalue weighted by Crippen LogP contribution is 2.58. The fourth-order valence-electron chi connectivity index (χ4n) is 2.72. The fourth-order valence-corrected chi connectivity index (χ4v) is 2.72. The third kappa shape index (κ3) is 3.04. The molecule has 1 aromatic carbocycles. The molecule has 0 heterocycles. The van der Waals surface area contributed by atoms with Gasteiger partial charge in [0.15, 0.2) is 11.6 Å². The van der Waals surface area contributed by atoms with Gasteiger partial charge in [0.1, 0.15) is 0 Å². The highest BCUT2D eigenvalue weighted by molar-refractivity contribution is 5.91. The number of carbonyl (C=O) groups excluding carboxylic acids is 1. The Kier molecular flexibility index (Phi) is 3.98. The van der Waals surface area contributed by atoms with Crippen molar-refractivity contribution in [3.05, 3.63) is 35.4 Å². The Balaban J connectivity index is 1.85. The number of aliphatic carboxylic acids is 1. The lowest BCUT2D eigenvalue weighted by Gasteiger charge is -2.06. The minimum absolute atomic E-state index is 0.253. The smallest absolute Gasteiger partial charge is 0.307 e. The number of rotatable bonds is 5. The zero-order chi connectivity index (χ0) is 15.8. The number of hydrogen-bond donors (Lipinski definition) is 2. The molecule has 0 radical (unpaired) electrons. The normalized spacial score (nSPS) is 22.7. The van der Waals surface area contributed by atoms with E-state index in [9.17, 15) is 18.4 Å². The highest BCUT2D eigenvalue weighted by Gasteiger charge is 2.65. The summed E-state index contributed by atoms with van der Waals surface area (Å²) < 4.78 is 25.8. The van der Waals surface area contributed by atoms with E-state index in [2.05, 4.69) is 5.32 Å². The molecule has 0 bridgehead atoms. The predicted molar refractivity (Wildman–Crippen MR) is 71.5 cm³/mol. The number of amides is 1. The maximum absolute atomic E-state index is 13.0. The minimum Gasteiger partial charge on any atom is -0.481 e.